The molecule has 12 heavy (non-hydrogen) atoms. The summed E-state index contributed by atoms with van der Waals surface area (Å²) in [6.45, 7) is 0. The van der Waals surface area contributed by atoms with Gasteiger partial charge in [0.25, 0.3) is 5.91 Å². The van der Waals surface area contributed by atoms with Crippen molar-refractivity contribution in [2.24, 2.45) is 0 Å². The fourth-order valence-corrected chi connectivity index (χ4v) is 0.717. The van der Waals surface area contributed by atoms with E-state index in [1.165, 1.54) is 12.3 Å². The van der Waals surface area contributed by atoms with Gasteiger partial charge in [0.2, 0.25) is 6.29 Å². The molecule has 0 aliphatic carbocycles. The minimum absolute atomic E-state index is 0.177. The fourth-order valence-electron chi connectivity index (χ4n) is 0.605. The van der Waals surface area contributed by atoms with Crippen molar-refractivity contribution in [2.75, 3.05) is 5.32 Å². The first-order valence-electron chi connectivity index (χ1n) is 3.10. The fraction of sp³-hybridized carbons (Fsp3) is 0. The molecule has 0 radical (unpaired) electrons. The van der Waals surface area contributed by atoms with Crippen LogP contribution in [0.1, 0.15) is 0 Å². The number of nitrogens with one attached hydrogen (secondary N) is 1. The summed E-state index contributed by atoms with van der Waals surface area (Å²) in [5.41, 5.74) is 0. The van der Waals surface area contributed by atoms with Gasteiger partial charge in [-0.05, 0) is 12.1 Å². The zero-order valence-electron chi connectivity index (χ0n) is 5.95. The Morgan fingerprint density at radius 1 is 1.58 bits per heavy atom. The number of hydrogen-bond acceptors (Lipinski definition) is 3. The van der Waals surface area contributed by atoms with Crippen LogP contribution in [-0.4, -0.2) is 17.2 Å². The van der Waals surface area contributed by atoms with Gasteiger partial charge < -0.3 is 5.32 Å². The summed E-state index contributed by atoms with van der Waals surface area (Å²) < 4.78 is 0. The number of aldehydes is 1. The molecule has 1 N–H and O–H groups in total. The summed E-state index contributed by atoms with van der Waals surface area (Å²) in [6, 6.07) is 3.07. The first kappa shape index (κ1) is 8.67. The van der Waals surface area contributed by atoms with Crippen molar-refractivity contribution in [3.8, 4) is 0 Å². The Kier molecular flexibility index (Phi) is 2.76. The van der Waals surface area contributed by atoms with E-state index in [0.717, 1.165) is 0 Å². The molecular formula is C7H5ClN2O2. The standard InChI is InChI=1S/C7H5ClN2O2/c8-5-1-2-6(9-3-5)10-7(12)4-11/h1-4H,(H,9,10,12). The Balaban J connectivity index is 2.71. The number of halogens is 1. The van der Waals surface area contributed by atoms with E-state index in [9.17, 15) is 9.59 Å². The van der Waals surface area contributed by atoms with Crippen LogP contribution in [-0.2, 0) is 9.59 Å². The molecular weight excluding hydrogens is 180 g/mol. The number of rotatable bonds is 2. The van der Waals surface area contributed by atoms with E-state index in [1.54, 1.807) is 6.07 Å². The molecule has 0 aliphatic rings. The van der Waals surface area contributed by atoms with E-state index >= 15 is 0 Å². The molecule has 4 nitrogen and oxygen atoms in total. The number of carbonyl (C=O) groups is 2. The lowest BCUT2D eigenvalue weighted by molar-refractivity contribution is -0.127. The lowest BCUT2D eigenvalue weighted by Crippen LogP contribution is -2.12. The smallest absolute Gasteiger partial charge is 0.289 e. The molecule has 0 fully saturated rings. The van der Waals surface area contributed by atoms with Crippen LogP contribution in [0.5, 0.6) is 0 Å². The Labute approximate surface area is 73.6 Å². The second-order valence-corrected chi connectivity index (χ2v) is 2.41. The van der Waals surface area contributed by atoms with Gasteiger partial charge in [0, 0.05) is 6.20 Å². The van der Waals surface area contributed by atoms with Crippen molar-refractivity contribution in [3.63, 3.8) is 0 Å². The van der Waals surface area contributed by atoms with Gasteiger partial charge in [-0.3, -0.25) is 9.59 Å². The zero-order chi connectivity index (χ0) is 8.97. The monoisotopic (exact) mass is 184 g/mol. The van der Waals surface area contributed by atoms with E-state index < -0.39 is 5.91 Å². The highest BCUT2D eigenvalue weighted by Gasteiger charge is 1.99. The molecule has 0 bridgehead atoms. The normalized spacial score (nSPS) is 9.08. The van der Waals surface area contributed by atoms with E-state index in [1.807, 2.05) is 0 Å². The lowest BCUT2D eigenvalue weighted by Gasteiger charge is -1.97. The topological polar surface area (TPSA) is 59.1 Å². The molecule has 1 amide bonds. The Morgan fingerprint density at radius 3 is 2.83 bits per heavy atom. The predicted molar refractivity (Wildman–Crippen MR) is 43.9 cm³/mol. The number of carbonyl (C=O) groups excluding carboxylic acids is 2. The summed E-state index contributed by atoms with van der Waals surface area (Å²) in [7, 11) is 0. The molecule has 0 unspecified atom stereocenters. The zero-order valence-corrected chi connectivity index (χ0v) is 6.71. The molecule has 0 atom stereocenters. The van der Waals surface area contributed by atoms with Crippen molar-refractivity contribution in [3.05, 3.63) is 23.4 Å². The van der Waals surface area contributed by atoms with Crippen LogP contribution in [0.2, 0.25) is 5.02 Å². The summed E-state index contributed by atoms with van der Waals surface area (Å²) in [5.74, 6) is -0.429. The Morgan fingerprint density at radius 2 is 2.33 bits per heavy atom. The van der Waals surface area contributed by atoms with Crippen LogP contribution < -0.4 is 5.32 Å². The van der Waals surface area contributed by atoms with Crippen molar-refractivity contribution in [1.29, 1.82) is 0 Å². The first-order chi connectivity index (χ1) is 5.72. The minimum atomic E-state index is -0.732. The van der Waals surface area contributed by atoms with Gasteiger partial charge in [0.1, 0.15) is 5.82 Å². The van der Waals surface area contributed by atoms with Gasteiger partial charge in [-0.25, -0.2) is 4.98 Å². The van der Waals surface area contributed by atoms with Crippen LogP contribution in [0.25, 0.3) is 0 Å². The minimum Gasteiger partial charge on any atom is -0.304 e. The van der Waals surface area contributed by atoms with Crippen molar-refractivity contribution in [1.82, 2.24) is 4.98 Å². The van der Waals surface area contributed by atoms with Gasteiger partial charge in [-0.15, -0.1) is 0 Å². The maximum Gasteiger partial charge on any atom is 0.289 e. The molecule has 1 heterocycles. The van der Waals surface area contributed by atoms with Crippen LogP contribution >= 0.6 is 11.6 Å². The predicted octanol–water partition coefficient (Wildman–Crippen LogP) is 0.872. The van der Waals surface area contributed by atoms with Gasteiger partial charge >= 0.3 is 0 Å². The Hall–Kier alpha value is -1.42. The molecule has 0 saturated carbocycles. The number of hydrogen-bond donors (Lipinski definition) is 1. The highest BCUT2D eigenvalue weighted by molar-refractivity contribution is 6.31. The largest absolute Gasteiger partial charge is 0.304 e. The molecule has 5 heteroatoms. The van der Waals surface area contributed by atoms with Gasteiger partial charge in [-0.2, -0.15) is 0 Å². The third-order valence-electron chi connectivity index (χ3n) is 1.09. The number of aromatic nitrogens is 1. The summed E-state index contributed by atoms with van der Waals surface area (Å²) in [4.78, 5) is 24.2. The molecule has 62 valence electrons. The van der Waals surface area contributed by atoms with E-state index in [2.05, 4.69) is 10.3 Å². The molecule has 0 saturated heterocycles. The third-order valence-corrected chi connectivity index (χ3v) is 1.31. The van der Waals surface area contributed by atoms with Crippen LogP contribution in [0.3, 0.4) is 0 Å². The molecule has 1 rings (SSSR count). The second kappa shape index (κ2) is 3.82. The molecule has 1 aromatic rings. The molecule has 0 aromatic carbocycles. The average Bonchev–Trinajstić information content (AvgIpc) is 2.09. The van der Waals surface area contributed by atoms with Gasteiger partial charge in [-0.1, -0.05) is 11.6 Å². The highest BCUT2D eigenvalue weighted by atomic mass is 35.5. The van der Waals surface area contributed by atoms with Crippen molar-refractivity contribution in [2.45, 2.75) is 0 Å². The maximum absolute atomic E-state index is 10.5. The number of amides is 1. The van der Waals surface area contributed by atoms with Crippen LogP contribution in [0.15, 0.2) is 18.3 Å². The van der Waals surface area contributed by atoms with E-state index in [0.29, 0.717) is 10.8 Å². The first-order valence-corrected chi connectivity index (χ1v) is 3.48. The van der Waals surface area contributed by atoms with Gasteiger partial charge in [0.05, 0.1) is 5.02 Å². The number of pyridine rings is 1. The number of anilines is 1. The summed E-state index contributed by atoms with van der Waals surface area (Å²) >= 11 is 5.54. The highest BCUT2D eigenvalue weighted by Crippen LogP contribution is 2.08. The van der Waals surface area contributed by atoms with Gasteiger partial charge in [0.15, 0.2) is 0 Å². The van der Waals surface area contributed by atoms with Crippen LogP contribution in [0.4, 0.5) is 5.82 Å². The maximum atomic E-state index is 10.5. The van der Waals surface area contributed by atoms with Crippen molar-refractivity contribution >= 4 is 29.6 Å². The molecule has 0 aliphatic heterocycles. The molecule has 0 spiro atoms. The molecule has 1 aromatic heterocycles. The summed E-state index contributed by atoms with van der Waals surface area (Å²) in [6.07, 6.45) is 1.55. The summed E-state index contributed by atoms with van der Waals surface area (Å²) in [5, 5.41) is 2.71. The van der Waals surface area contributed by atoms with Crippen molar-refractivity contribution < 1.29 is 9.59 Å². The average molecular weight is 185 g/mol. The second-order valence-electron chi connectivity index (χ2n) is 1.97. The Bertz CT molecular complexity index is 297. The third kappa shape index (κ3) is 2.32. The van der Waals surface area contributed by atoms with Crippen LogP contribution in [0, 0.1) is 0 Å². The van der Waals surface area contributed by atoms with E-state index in [4.69, 9.17) is 11.6 Å². The quantitative estimate of drug-likeness (QED) is 0.548. The lowest BCUT2D eigenvalue weighted by atomic mass is 10.4. The number of nitrogens with zero attached hydrogens (tertiary/aromatic N) is 1. The van der Waals surface area contributed by atoms with E-state index in [-0.39, 0.29) is 6.29 Å². The SMILES string of the molecule is O=CC(=O)Nc1ccc(Cl)cn1.